The first-order valence-corrected chi connectivity index (χ1v) is 11.6. The summed E-state index contributed by atoms with van der Waals surface area (Å²) in [6.45, 7) is 4.63. The Morgan fingerprint density at radius 3 is 2.42 bits per heavy atom. The molecular weight excluding hydrogens is 465 g/mol. The quantitative estimate of drug-likeness (QED) is 0.145. The monoisotopic (exact) mass is 497 g/mol. The molecule has 182 valence electrons. The topological polar surface area (TPSA) is 114 Å². The fourth-order valence-corrected chi connectivity index (χ4v) is 3.52. The number of rotatable bonds is 13. The number of alkyl halides is 1. The second-order valence-corrected chi connectivity index (χ2v) is 8.99. The number of ether oxygens (including phenoxy) is 2. The summed E-state index contributed by atoms with van der Waals surface area (Å²) in [6.07, 6.45) is 1.29. The molecule has 2 aromatic carbocycles. The van der Waals surface area contributed by atoms with Crippen molar-refractivity contribution >= 4 is 23.2 Å². The Hall–Kier alpha value is -2.16. The average Bonchev–Trinajstić information content (AvgIpc) is 2.78. The molecule has 0 bridgehead atoms. The first kappa shape index (κ1) is 27.1. The van der Waals surface area contributed by atoms with Crippen LogP contribution >= 0.6 is 23.2 Å². The van der Waals surface area contributed by atoms with Crippen LogP contribution in [0.4, 0.5) is 0 Å². The summed E-state index contributed by atoms with van der Waals surface area (Å²) in [6, 6.07) is 13.5. The molecule has 0 fully saturated rings. The van der Waals surface area contributed by atoms with Crippen LogP contribution in [-0.2, 0) is 5.41 Å². The van der Waals surface area contributed by atoms with E-state index >= 15 is 0 Å². The Morgan fingerprint density at radius 1 is 1.15 bits per heavy atom. The van der Waals surface area contributed by atoms with E-state index in [4.69, 9.17) is 49.4 Å². The zero-order valence-corrected chi connectivity index (χ0v) is 20.5. The Bertz CT molecular complexity index is 907. The largest absolute Gasteiger partial charge is 0.492 e. The van der Waals surface area contributed by atoms with Crippen molar-refractivity contribution in [3.63, 3.8) is 0 Å². The third kappa shape index (κ3) is 8.28. The average molecular weight is 498 g/mol. The summed E-state index contributed by atoms with van der Waals surface area (Å²) in [4.78, 5) is 0. The molecule has 2 aromatic rings. The highest BCUT2D eigenvalue weighted by Gasteiger charge is 2.24. The molecule has 1 unspecified atom stereocenters. The van der Waals surface area contributed by atoms with Crippen LogP contribution in [0.25, 0.3) is 0 Å². The molecule has 6 N–H and O–H groups in total. The molecule has 0 saturated carbocycles. The van der Waals surface area contributed by atoms with Gasteiger partial charge < -0.3 is 30.4 Å². The minimum atomic E-state index is -0.832. The van der Waals surface area contributed by atoms with Crippen LogP contribution in [0.15, 0.2) is 54.4 Å². The third-order valence-electron chi connectivity index (χ3n) is 5.14. The summed E-state index contributed by atoms with van der Waals surface area (Å²) in [5, 5.41) is 20.8. The predicted molar refractivity (Wildman–Crippen MR) is 133 cm³/mol. The minimum absolute atomic E-state index is 0.0596. The van der Waals surface area contributed by atoms with E-state index in [2.05, 4.69) is 13.8 Å². The van der Waals surface area contributed by atoms with Crippen molar-refractivity contribution in [2.45, 2.75) is 31.8 Å². The van der Waals surface area contributed by atoms with Crippen molar-refractivity contribution in [1.82, 2.24) is 5.01 Å². The zero-order chi connectivity index (χ0) is 24.4. The van der Waals surface area contributed by atoms with Crippen LogP contribution in [0.2, 0.25) is 5.02 Å². The van der Waals surface area contributed by atoms with Crippen LogP contribution in [0.5, 0.6) is 11.5 Å². The molecule has 0 spiro atoms. The van der Waals surface area contributed by atoms with E-state index in [1.807, 2.05) is 42.5 Å². The van der Waals surface area contributed by atoms with E-state index < -0.39 is 6.10 Å². The van der Waals surface area contributed by atoms with Crippen LogP contribution in [-0.4, -0.2) is 53.6 Å². The first-order chi connectivity index (χ1) is 15.7. The lowest BCUT2D eigenvalue weighted by atomic mass is 9.78. The molecular formula is C24H33Cl2N3O4. The molecule has 7 nitrogen and oxygen atoms in total. The van der Waals surface area contributed by atoms with Crippen LogP contribution in [0, 0.1) is 0 Å². The molecule has 0 saturated heterocycles. The van der Waals surface area contributed by atoms with Gasteiger partial charge in [-0.1, -0.05) is 43.6 Å². The number of halogens is 2. The van der Waals surface area contributed by atoms with Gasteiger partial charge in [0.2, 0.25) is 0 Å². The molecule has 0 aromatic heterocycles. The van der Waals surface area contributed by atoms with Crippen molar-refractivity contribution in [2.24, 2.45) is 11.6 Å². The van der Waals surface area contributed by atoms with E-state index in [1.165, 1.54) is 11.2 Å². The number of aliphatic hydroxyl groups is 2. The Morgan fingerprint density at radius 2 is 1.82 bits per heavy atom. The summed E-state index contributed by atoms with van der Waals surface area (Å²) >= 11 is 12.1. The molecule has 0 aliphatic carbocycles. The Labute approximate surface area is 205 Å². The third-order valence-corrected chi connectivity index (χ3v) is 5.71. The van der Waals surface area contributed by atoms with Crippen LogP contribution in [0.3, 0.4) is 0 Å². The fraction of sp³-hybridized carbons (Fsp3) is 0.417. The van der Waals surface area contributed by atoms with E-state index in [0.717, 1.165) is 17.5 Å². The van der Waals surface area contributed by atoms with Crippen LogP contribution in [0.1, 0.15) is 31.4 Å². The number of aliphatic hydroxyl groups excluding tert-OH is 2. The van der Waals surface area contributed by atoms with E-state index in [1.54, 1.807) is 0 Å². The molecule has 0 aliphatic rings. The highest BCUT2D eigenvalue weighted by atomic mass is 35.5. The number of nitrogens with zero attached hydrogens (tertiary/aromatic N) is 1. The van der Waals surface area contributed by atoms with E-state index in [9.17, 15) is 5.11 Å². The Balaban J connectivity index is 1.98. The van der Waals surface area contributed by atoms with Gasteiger partial charge in [-0.2, -0.15) is 0 Å². The van der Waals surface area contributed by atoms with Crippen molar-refractivity contribution in [1.29, 1.82) is 0 Å². The maximum atomic E-state index is 10.1. The van der Waals surface area contributed by atoms with Gasteiger partial charge in [-0.3, -0.25) is 0 Å². The molecule has 33 heavy (non-hydrogen) atoms. The zero-order valence-electron chi connectivity index (χ0n) is 19.0. The van der Waals surface area contributed by atoms with Crippen LogP contribution < -0.4 is 21.1 Å². The van der Waals surface area contributed by atoms with Gasteiger partial charge in [0.1, 0.15) is 24.2 Å². The summed E-state index contributed by atoms with van der Waals surface area (Å²) < 4.78 is 11.4. The molecule has 2 rings (SSSR count). The van der Waals surface area contributed by atoms with Gasteiger partial charge in [-0.15, -0.1) is 11.6 Å². The van der Waals surface area contributed by atoms with Gasteiger partial charge in [-0.25, -0.2) is 5.84 Å². The molecule has 0 amide bonds. The normalized spacial score (nSPS) is 13.0. The SMILES string of the molecule is CC(C)(c1ccc(OCC(O)CN(N)/C=C(\N)CO)cc1)c1ccc(OCCCCl)c(Cl)c1. The van der Waals surface area contributed by atoms with E-state index in [-0.39, 0.29) is 30.9 Å². The summed E-state index contributed by atoms with van der Waals surface area (Å²) in [5.74, 6) is 7.54. The van der Waals surface area contributed by atoms with Gasteiger partial charge in [0.15, 0.2) is 0 Å². The number of hydrogen-bond donors (Lipinski definition) is 4. The van der Waals surface area contributed by atoms with Crippen molar-refractivity contribution in [3.8, 4) is 11.5 Å². The van der Waals surface area contributed by atoms with Crippen molar-refractivity contribution in [3.05, 3.63) is 70.5 Å². The molecule has 9 heteroatoms. The lowest BCUT2D eigenvalue weighted by molar-refractivity contribution is 0.0815. The lowest BCUT2D eigenvalue weighted by Gasteiger charge is -2.27. The molecule has 0 radical (unpaired) electrons. The minimum Gasteiger partial charge on any atom is -0.492 e. The van der Waals surface area contributed by atoms with Gasteiger partial charge in [0.25, 0.3) is 0 Å². The fourth-order valence-electron chi connectivity index (χ4n) is 3.17. The van der Waals surface area contributed by atoms with Crippen molar-refractivity contribution < 1.29 is 19.7 Å². The van der Waals surface area contributed by atoms with Gasteiger partial charge in [-0.05, 0) is 41.8 Å². The Kier molecular flexibility index (Phi) is 10.6. The van der Waals surface area contributed by atoms with E-state index in [0.29, 0.717) is 29.0 Å². The van der Waals surface area contributed by atoms with Gasteiger partial charge in [0.05, 0.1) is 30.5 Å². The van der Waals surface area contributed by atoms with Gasteiger partial charge in [0, 0.05) is 17.5 Å². The first-order valence-electron chi connectivity index (χ1n) is 10.7. The smallest absolute Gasteiger partial charge is 0.137 e. The maximum absolute atomic E-state index is 10.1. The molecule has 0 heterocycles. The summed E-state index contributed by atoms with van der Waals surface area (Å²) in [7, 11) is 0. The maximum Gasteiger partial charge on any atom is 0.137 e. The number of hydrogen-bond acceptors (Lipinski definition) is 7. The standard InChI is InChI=1S/C24H33Cl2N3O4/c1-24(2,18-6-9-23(22(26)12-18)32-11-3-10-25)17-4-7-21(8-5-17)33-16-20(31)14-29(28)13-19(27)15-30/h4-9,12-13,20,30-31H,3,10-11,14-16,27-28H2,1-2H3/b19-13-. The number of benzene rings is 2. The number of hydrazine groups is 1. The lowest BCUT2D eigenvalue weighted by Crippen LogP contribution is -2.37. The van der Waals surface area contributed by atoms with Gasteiger partial charge >= 0.3 is 0 Å². The summed E-state index contributed by atoms with van der Waals surface area (Å²) in [5.41, 5.74) is 7.55. The second kappa shape index (κ2) is 12.9. The highest BCUT2D eigenvalue weighted by molar-refractivity contribution is 6.32. The molecule has 0 aliphatic heterocycles. The van der Waals surface area contributed by atoms with Crippen molar-refractivity contribution in [2.75, 3.05) is 32.2 Å². The number of nitrogens with two attached hydrogens (primary N) is 2. The highest BCUT2D eigenvalue weighted by Crippen LogP contribution is 2.36. The second-order valence-electron chi connectivity index (χ2n) is 8.21. The predicted octanol–water partition coefficient (Wildman–Crippen LogP) is 3.38. The molecule has 1 atom stereocenters.